The molecule has 8 nitrogen and oxygen atoms in total. The van der Waals surface area contributed by atoms with Gasteiger partial charge in [-0.15, -0.1) is 10.2 Å². The van der Waals surface area contributed by atoms with Crippen LogP contribution in [0.5, 0.6) is 0 Å². The molecule has 1 saturated heterocycles. The summed E-state index contributed by atoms with van der Waals surface area (Å²) in [5.74, 6) is 0.394. The Morgan fingerprint density at radius 2 is 2.10 bits per heavy atom. The normalized spacial score (nSPS) is 22.7. The number of morpholine rings is 1. The lowest BCUT2D eigenvalue weighted by atomic mass is 10.1. The van der Waals surface area contributed by atoms with Gasteiger partial charge in [-0.3, -0.25) is 9.36 Å². The highest BCUT2D eigenvalue weighted by Crippen LogP contribution is 2.35. The molecule has 2 aromatic rings. The standard InChI is InChI=1S/C17H21F3N6O2S/c1-10-9-28-6-5-24(10)13-7-15(27)25-4-3-12(17(18,19)20)26(16(25)21-13)8-14-23-22-11(2)29-14/h7,10,12H,3-6,8-9H2,1-2H3. The van der Waals surface area contributed by atoms with Crippen LogP contribution >= 0.6 is 11.3 Å². The highest BCUT2D eigenvalue weighted by atomic mass is 32.1. The van der Waals surface area contributed by atoms with E-state index in [1.54, 1.807) is 6.92 Å². The fourth-order valence-electron chi connectivity index (χ4n) is 3.74. The van der Waals surface area contributed by atoms with Crippen molar-refractivity contribution in [3.8, 4) is 0 Å². The Kier molecular flexibility index (Phi) is 5.23. The van der Waals surface area contributed by atoms with Gasteiger partial charge in [-0.25, -0.2) is 0 Å². The summed E-state index contributed by atoms with van der Waals surface area (Å²) in [5.41, 5.74) is -0.359. The van der Waals surface area contributed by atoms with E-state index >= 15 is 0 Å². The number of aryl methyl sites for hydroxylation is 1. The van der Waals surface area contributed by atoms with Gasteiger partial charge in [-0.1, -0.05) is 11.3 Å². The van der Waals surface area contributed by atoms with Gasteiger partial charge in [-0.05, 0) is 20.3 Å². The van der Waals surface area contributed by atoms with E-state index in [0.29, 0.717) is 35.6 Å². The fraction of sp³-hybridized carbons (Fsp3) is 0.647. The quantitative estimate of drug-likeness (QED) is 0.737. The maximum absolute atomic E-state index is 13.8. The number of fused-ring (bicyclic) bond motifs is 1. The molecule has 2 atom stereocenters. The number of aromatic nitrogens is 4. The number of rotatable bonds is 3. The maximum Gasteiger partial charge on any atom is 0.408 e. The third kappa shape index (κ3) is 3.95. The Morgan fingerprint density at radius 1 is 1.31 bits per heavy atom. The lowest BCUT2D eigenvalue weighted by molar-refractivity contribution is -0.153. The zero-order valence-corrected chi connectivity index (χ0v) is 16.8. The average molecular weight is 430 g/mol. The Labute approximate surface area is 168 Å². The number of anilines is 2. The van der Waals surface area contributed by atoms with Crippen molar-refractivity contribution in [2.45, 2.75) is 51.6 Å². The molecule has 2 aliphatic rings. The Balaban J connectivity index is 1.78. The van der Waals surface area contributed by atoms with Crippen molar-refractivity contribution in [3.63, 3.8) is 0 Å². The van der Waals surface area contributed by atoms with Gasteiger partial charge in [-0.2, -0.15) is 18.2 Å². The summed E-state index contributed by atoms with van der Waals surface area (Å²) >= 11 is 1.23. The number of nitrogens with zero attached hydrogens (tertiary/aromatic N) is 6. The van der Waals surface area contributed by atoms with Crippen LogP contribution in [0.3, 0.4) is 0 Å². The first-order chi connectivity index (χ1) is 13.7. The highest BCUT2D eigenvalue weighted by molar-refractivity contribution is 7.11. The van der Waals surface area contributed by atoms with Crippen LogP contribution in [-0.2, 0) is 17.8 Å². The smallest absolute Gasteiger partial charge is 0.377 e. The number of alkyl halides is 3. The summed E-state index contributed by atoms with van der Waals surface area (Å²) in [6, 6.07) is -0.372. The molecule has 0 N–H and O–H groups in total. The van der Waals surface area contributed by atoms with Crippen molar-refractivity contribution in [2.75, 3.05) is 29.6 Å². The van der Waals surface area contributed by atoms with Crippen LogP contribution in [0.25, 0.3) is 0 Å². The minimum atomic E-state index is -4.45. The van der Waals surface area contributed by atoms with E-state index in [9.17, 15) is 18.0 Å². The summed E-state index contributed by atoms with van der Waals surface area (Å²) in [5, 5.41) is 8.97. The first-order valence-corrected chi connectivity index (χ1v) is 10.1. The lowest BCUT2D eigenvalue weighted by Crippen LogP contribution is -2.52. The van der Waals surface area contributed by atoms with Crippen LogP contribution in [0.2, 0.25) is 0 Å². The van der Waals surface area contributed by atoms with Crippen molar-refractivity contribution in [1.29, 1.82) is 0 Å². The van der Waals surface area contributed by atoms with Crippen LogP contribution in [0, 0.1) is 6.92 Å². The number of hydrogen-bond donors (Lipinski definition) is 0. The Hall–Kier alpha value is -2.21. The molecule has 29 heavy (non-hydrogen) atoms. The second-order valence-corrected chi connectivity index (χ2v) is 8.48. The zero-order valence-electron chi connectivity index (χ0n) is 16.0. The number of halogens is 3. The summed E-state index contributed by atoms with van der Waals surface area (Å²) in [6.45, 7) is 5.00. The molecule has 158 valence electrons. The third-order valence-corrected chi connectivity index (χ3v) is 5.97. The predicted molar refractivity (Wildman–Crippen MR) is 101 cm³/mol. The second kappa shape index (κ2) is 7.56. The lowest BCUT2D eigenvalue weighted by Gasteiger charge is -2.40. The Bertz CT molecular complexity index is 946. The van der Waals surface area contributed by atoms with E-state index in [-0.39, 0.29) is 37.1 Å². The van der Waals surface area contributed by atoms with E-state index in [4.69, 9.17) is 4.74 Å². The maximum atomic E-state index is 13.8. The highest BCUT2D eigenvalue weighted by Gasteiger charge is 2.47. The molecule has 4 rings (SSSR count). The van der Waals surface area contributed by atoms with Crippen molar-refractivity contribution in [1.82, 2.24) is 19.7 Å². The Morgan fingerprint density at radius 3 is 2.76 bits per heavy atom. The van der Waals surface area contributed by atoms with Crippen molar-refractivity contribution >= 4 is 23.1 Å². The molecular weight excluding hydrogens is 409 g/mol. The average Bonchev–Trinajstić information content (AvgIpc) is 3.06. The van der Waals surface area contributed by atoms with Gasteiger partial charge in [0.15, 0.2) is 0 Å². The molecule has 2 aliphatic heterocycles. The van der Waals surface area contributed by atoms with Gasteiger partial charge in [0.1, 0.15) is 21.9 Å². The minimum Gasteiger partial charge on any atom is -0.377 e. The topological polar surface area (TPSA) is 76.4 Å². The van der Waals surface area contributed by atoms with Crippen LogP contribution in [0.15, 0.2) is 10.9 Å². The SMILES string of the molecule is Cc1nnc(CN2c3nc(N4CCOCC4C)cc(=O)n3CCC2C(F)(F)F)s1. The molecule has 4 heterocycles. The van der Waals surface area contributed by atoms with Gasteiger partial charge in [0.2, 0.25) is 5.95 Å². The van der Waals surface area contributed by atoms with Gasteiger partial charge in [0.25, 0.3) is 5.56 Å². The van der Waals surface area contributed by atoms with Crippen molar-refractivity contribution in [3.05, 3.63) is 26.4 Å². The van der Waals surface area contributed by atoms with E-state index in [0.717, 1.165) is 4.90 Å². The minimum absolute atomic E-state index is 0.0209. The first kappa shape index (κ1) is 20.1. The summed E-state index contributed by atoms with van der Waals surface area (Å²) < 4.78 is 48.1. The molecule has 2 aromatic heterocycles. The van der Waals surface area contributed by atoms with Crippen LogP contribution in [0.1, 0.15) is 23.4 Å². The van der Waals surface area contributed by atoms with Gasteiger partial charge in [0.05, 0.1) is 25.8 Å². The third-order valence-electron chi connectivity index (χ3n) is 5.15. The van der Waals surface area contributed by atoms with Gasteiger partial charge < -0.3 is 14.5 Å². The molecule has 2 unspecified atom stereocenters. The largest absolute Gasteiger partial charge is 0.408 e. The van der Waals surface area contributed by atoms with Gasteiger partial charge >= 0.3 is 6.18 Å². The van der Waals surface area contributed by atoms with E-state index in [1.807, 2.05) is 11.8 Å². The van der Waals surface area contributed by atoms with E-state index in [2.05, 4.69) is 15.2 Å². The molecule has 0 aliphatic carbocycles. The van der Waals surface area contributed by atoms with Crippen LogP contribution in [-0.4, -0.2) is 57.8 Å². The molecule has 0 saturated carbocycles. The molecule has 0 aromatic carbocycles. The van der Waals surface area contributed by atoms with Crippen molar-refractivity contribution in [2.24, 2.45) is 0 Å². The number of hydrogen-bond acceptors (Lipinski definition) is 8. The van der Waals surface area contributed by atoms with E-state index < -0.39 is 12.2 Å². The van der Waals surface area contributed by atoms with Crippen LogP contribution < -0.4 is 15.4 Å². The van der Waals surface area contributed by atoms with E-state index in [1.165, 1.54) is 22.0 Å². The number of ether oxygens (including phenoxy) is 1. The predicted octanol–water partition coefficient (Wildman–Crippen LogP) is 1.97. The molecule has 0 radical (unpaired) electrons. The molecule has 12 heteroatoms. The molecule has 0 spiro atoms. The molecule has 0 bridgehead atoms. The monoisotopic (exact) mass is 430 g/mol. The van der Waals surface area contributed by atoms with Gasteiger partial charge in [0, 0.05) is 19.2 Å². The summed E-state index contributed by atoms with van der Waals surface area (Å²) in [6.07, 6.45) is -4.67. The molecule has 0 amide bonds. The van der Waals surface area contributed by atoms with Crippen molar-refractivity contribution < 1.29 is 17.9 Å². The molecular formula is C17H21F3N6O2S. The van der Waals surface area contributed by atoms with Crippen LogP contribution in [0.4, 0.5) is 24.9 Å². The zero-order chi connectivity index (χ0) is 20.8. The molecule has 1 fully saturated rings. The second-order valence-electron chi connectivity index (χ2n) is 7.21. The summed E-state index contributed by atoms with van der Waals surface area (Å²) in [4.78, 5) is 20.3. The fourth-order valence-corrected chi connectivity index (χ4v) is 4.45. The summed E-state index contributed by atoms with van der Waals surface area (Å²) in [7, 11) is 0. The first-order valence-electron chi connectivity index (χ1n) is 9.32.